The van der Waals surface area contributed by atoms with Gasteiger partial charge in [-0.15, -0.1) is 0 Å². The topological polar surface area (TPSA) is 43.7 Å². The minimum atomic E-state index is -0.201. The molecule has 0 bridgehead atoms. The van der Waals surface area contributed by atoms with E-state index >= 15 is 0 Å². The molecule has 2 heterocycles. The second-order valence-corrected chi connectivity index (χ2v) is 3.66. The monoisotopic (exact) mass is 157 g/mol. The molecule has 0 aromatic rings. The number of nitrogens with zero attached hydrogens (tertiary/aromatic N) is 1. The quantitative estimate of drug-likeness (QED) is 0.502. The maximum absolute atomic E-state index is 9.54. The van der Waals surface area contributed by atoms with Crippen LogP contribution in [0.25, 0.3) is 0 Å². The minimum Gasteiger partial charge on any atom is -0.392 e. The van der Waals surface area contributed by atoms with Crippen molar-refractivity contribution in [1.29, 1.82) is 0 Å². The molecule has 0 saturated carbocycles. The van der Waals surface area contributed by atoms with Crippen molar-refractivity contribution in [3.63, 3.8) is 0 Å². The molecule has 0 aliphatic carbocycles. The Labute approximate surface area is 66.6 Å². The summed E-state index contributed by atoms with van der Waals surface area (Å²) in [5, 5.41) is 18.9. The van der Waals surface area contributed by atoms with Gasteiger partial charge in [-0.1, -0.05) is 0 Å². The van der Waals surface area contributed by atoms with Crippen molar-refractivity contribution in [2.24, 2.45) is 0 Å². The predicted octanol–water partition coefficient (Wildman–Crippen LogP) is -0.424. The molecule has 2 aliphatic heterocycles. The second kappa shape index (κ2) is 2.73. The van der Waals surface area contributed by atoms with E-state index in [0.717, 1.165) is 32.4 Å². The summed E-state index contributed by atoms with van der Waals surface area (Å²) in [6, 6.07) is 0.249. The van der Waals surface area contributed by atoms with Gasteiger partial charge in [0.05, 0.1) is 12.2 Å². The first-order valence-electron chi connectivity index (χ1n) is 4.37. The molecule has 3 heteroatoms. The number of aliphatic hydroxyl groups excluding tert-OH is 2. The first kappa shape index (κ1) is 7.53. The van der Waals surface area contributed by atoms with Gasteiger partial charge in [-0.05, 0) is 25.8 Å². The van der Waals surface area contributed by atoms with Crippen LogP contribution in [0.2, 0.25) is 0 Å². The lowest BCUT2D eigenvalue weighted by molar-refractivity contribution is 0.0344. The maximum Gasteiger partial charge on any atom is 0.0696 e. The molecule has 0 aromatic carbocycles. The molecule has 0 spiro atoms. The molecule has 0 radical (unpaired) electrons. The standard InChI is InChI=1S/C8H15NO2/c10-6-4-7-8(11)2-1-3-9(7)5-6/h6-8,10-11H,1-5H2/t6-,7+,8-/m1/s1. The Kier molecular flexibility index (Phi) is 1.87. The summed E-state index contributed by atoms with van der Waals surface area (Å²) < 4.78 is 0. The van der Waals surface area contributed by atoms with E-state index < -0.39 is 0 Å². The average Bonchev–Trinajstić information content (AvgIpc) is 2.31. The van der Waals surface area contributed by atoms with Crippen LogP contribution in [0.5, 0.6) is 0 Å². The van der Waals surface area contributed by atoms with Gasteiger partial charge in [0, 0.05) is 12.6 Å². The largest absolute Gasteiger partial charge is 0.392 e. The van der Waals surface area contributed by atoms with E-state index in [-0.39, 0.29) is 18.2 Å². The van der Waals surface area contributed by atoms with Gasteiger partial charge in [-0.2, -0.15) is 0 Å². The number of piperidine rings is 1. The van der Waals surface area contributed by atoms with Gasteiger partial charge in [-0.3, -0.25) is 4.90 Å². The van der Waals surface area contributed by atoms with Crippen LogP contribution in [0.3, 0.4) is 0 Å². The van der Waals surface area contributed by atoms with Crippen molar-refractivity contribution in [3.8, 4) is 0 Å². The molecule has 2 N–H and O–H groups in total. The molecule has 0 unspecified atom stereocenters. The number of hydrogen-bond acceptors (Lipinski definition) is 3. The van der Waals surface area contributed by atoms with Gasteiger partial charge in [0.2, 0.25) is 0 Å². The third-order valence-electron chi connectivity index (χ3n) is 2.82. The number of fused-ring (bicyclic) bond motifs is 1. The number of aliphatic hydroxyl groups is 2. The fourth-order valence-electron chi connectivity index (χ4n) is 2.26. The first-order valence-corrected chi connectivity index (χ1v) is 4.37. The summed E-state index contributed by atoms with van der Waals surface area (Å²) in [6.45, 7) is 1.82. The summed E-state index contributed by atoms with van der Waals surface area (Å²) in [4.78, 5) is 2.21. The molecule has 11 heavy (non-hydrogen) atoms. The van der Waals surface area contributed by atoms with Crippen LogP contribution in [-0.2, 0) is 0 Å². The van der Waals surface area contributed by atoms with E-state index in [1.807, 2.05) is 0 Å². The molecule has 0 aromatic heterocycles. The zero-order chi connectivity index (χ0) is 7.84. The van der Waals surface area contributed by atoms with E-state index in [4.69, 9.17) is 0 Å². The van der Waals surface area contributed by atoms with Gasteiger partial charge < -0.3 is 10.2 Å². The normalized spacial score (nSPS) is 45.8. The first-order chi connectivity index (χ1) is 5.27. The van der Waals surface area contributed by atoms with Crippen LogP contribution in [0, 0.1) is 0 Å². The summed E-state index contributed by atoms with van der Waals surface area (Å²) in [6.07, 6.45) is 2.35. The third kappa shape index (κ3) is 1.28. The second-order valence-electron chi connectivity index (χ2n) is 3.66. The van der Waals surface area contributed by atoms with Crippen LogP contribution < -0.4 is 0 Å². The van der Waals surface area contributed by atoms with E-state index in [0.29, 0.717) is 0 Å². The van der Waals surface area contributed by atoms with E-state index in [2.05, 4.69) is 4.90 Å². The average molecular weight is 157 g/mol. The Hall–Kier alpha value is -0.120. The van der Waals surface area contributed by atoms with Crippen molar-refractivity contribution < 1.29 is 10.2 Å². The SMILES string of the molecule is O[C@@H]1C[C@H]2[C@H](O)CCCN2C1. The molecular weight excluding hydrogens is 142 g/mol. The van der Waals surface area contributed by atoms with Crippen molar-refractivity contribution in [2.75, 3.05) is 13.1 Å². The van der Waals surface area contributed by atoms with Gasteiger partial charge in [0.1, 0.15) is 0 Å². The van der Waals surface area contributed by atoms with Gasteiger partial charge in [0.25, 0.3) is 0 Å². The summed E-state index contributed by atoms with van der Waals surface area (Å²) >= 11 is 0. The van der Waals surface area contributed by atoms with E-state index in [9.17, 15) is 10.2 Å². The van der Waals surface area contributed by atoms with Gasteiger partial charge in [0.15, 0.2) is 0 Å². The van der Waals surface area contributed by atoms with Crippen molar-refractivity contribution in [2.45, 2.75) is 37.5 Å². The lowest BCUT2D eigenvalue weighted by atomic mass is 9.99. The summed E-state index contributed by atoms with van der Waals surface area (Å²) in [7, 11) is 0. The molecular formula is C8H15NO2. The fourth-order valence-corrected chi connectivity index (χ4v) is 2.26. The molecule has 2 aliphatic rings. The Bertz CT molecular complexity index is 151. The minimum absolute atomic E-state index is 0.194. The van der Waals surface area contributed by atoms with Crippen molar-refractivity contribution in [1.82, 2.24) is 4.90 Å². The lowest BCUT2D eigenvalue weighted by Gasteiger charge is -2.33. The molecule has 3 nitrogen and oxygen atoms in total. The molecule has 3 atom stereocenters. The van der Waals surface area contributed by atoms with Crippen LogP contribution in [0.15, 0.2) is 0 Å². The highest BCUT2D eigenvalue weighted by Gasteiger charge is 2.37. The highest BCUT2D eigenvalue weighted by Crippen LogP contribution is 2.26. The van der Waals surface area contributed by atoms with Crippen molar-refractivity contribution >= 4 is 0 Å². The molecule has 0 amide bonds. The Balaban J connectivity index is 2.03. The Morgan fingerprint density at radius 2 is 2.09 bits per heavy atom. The summed E-state index contributed by atoms with van der Waals surface area (Å²) in [5.41, 5.74) is 0. The predicted molar refractivity (Wildman–Crippen MR) is 41.2 cm³/mol. The van der Waals surface area contributed by atoms with Crippen molar-refractivity contribution in [3.05, 3.63) is 0 Å². The number of rotatable bonds is 0. The lowest BCUT2D eigenvalue weighted by Crippen LogP contribution is -2.43. The zero-order valence-corrected chi connectivity index (χ0v) is 6.61. The Morgan fingerprint density at radius 1 is 1.27 bits per heavy atom. The van der Waals surface area contributed by atoms with E-state index in [1.54, 1.807) is 0 Å². The molecule has 2 saturated heterocycles. The number of hydrogen-bond donors (Lipinski definition) is 2. The highest BCUT2D eigenvalue weighted by atomic mass is 16.3. The van der Waals surface area contributed by atoms with Gasteiger partial charge >= 0.3 is 0 Å². The van der Waals surface area contributed by atoms with E-state index in [1.165, 1.54) is 0 Å². The van der Waals surface area contributed by atoms with Gasteiger partial charge in [-0.25, -0.2) is 0 Å². The maximum atomic E-state index is 9.54. The summed E-state index contributed by atoms with van der Waals surface area (Å²) in [5.74, 6) is 0. The fraction of sp³-hybridized carbons (Fsp3) is 1.00. The van der Waals surface area contributed by atoms with Crippen LogP contribution in [0.4, 0.5) is 0 Å². The third-order valence-corrected chi connectivity index (χ3v) is 2.82. The van der Waals surface area contributed by atoms with Crippen LogP contribution in [-0.4, -0.2) is 46.5 Å². The smallest absolute Gasteiger partial charge is 0.0696 e. The highest BCUT2D eigenvalue weighted by molar-refractivity contribution is 4.92. The van der Waals surface area contributed by atoms with Crippen LogP contribution in [0.1, 0.15) is 19.3 Å². The molecule has 64 valence electrons. The molecule has 2 rings (SSSR count). The van der Waals surface area contributed by atoms with Crippen LogP contribution >= 0.6 is 0 Å². The zero-order valence-electron chi connectivity index (χ0n) is 6.61. The Morgan fingerprint density at radius 3 is 2.82 bits per heavy atom. The molecule has 2 fully saturated rings.